The summed E-state index contributed by atoms with van der Waals surface area (Å²) >= 11 is 6.16. The monoisotopic (exact) mass is 449 g/mol. The van der Waals surface area contributed by atoms with E-state index in [1.54, 1.807) is 7.11 Å². The number of nitrogens with zero attached hydrogens (tertiary/aromatic N) is 2. The van der Waals surface area contributed by atoms with Gasteiger partial charge in [-0.05, 0) is 36.8 Å². The minimum absolute atomic E-state index is 0.0626. The molecule has 134 valence electrons. The van der Waals surface area contributed by atoms with Crippen LogP contribution in [0.25, 0.3) is 0 Å². The maximum atomic E-state index is 12.2. The molecule has 0 bridgehead atoms. The van der Waals surface area contributed by atoms with E-state index in [4.69, 9.17) is 4.74 Å². The molecule has 3 aromatic rings. The predicted molar refractivity (Wildman–Crippen MR) is 110 cm³/mol. The Balaban J connectivity index is 1.62. The molecule has 3 rings (SSSR count). The number of nitrogens with one attached hydrogen (secondary N) is 1. The van der Waals surface area contributed by atoms with E-state index in [0.717, 1.165) is 25.8 Å². The van der Waals surface area contributed by atoms with Gasteiger partial charge in [-0.2, -0.15) is 0 Å². The number of carbonyl (C=O) groups is 1. The molecule has 0 saturated heterocycles. The highest BCUT2D eigenvalue weighted by molar-refractivity contribution is 9.10. The first-order valence-corrected chi connectivity index (χ1v) is 10.3. The maximum Gasteiger partial charge on any atom is 0.210 e. The average Bonchev–Trinajstić information content (AvgIpc) is 3.08. The lowest BCUT2D eigenvalue weighted by Crippen LogP contribution is -2.01. The quantitative estimate of drug-likeness (QED) is 0.388. The zero-order valence-electron chi connectivity index (χ0n) is 14.2. The molecule has 1 heterocycles. The number of anilines is 2. The van der Waals surface area contributed by atoms with Crippen molar-refractivity contribution < 1.29 is 9.53 Å². The molecule has 5 nitrogen and oxygen atoms in total. The van der Waals surface area contributed by atoms with Crippen molar-refractivity contribution >= 4 is 55.6 Å². The Bertz CT molecular complexity index is 913. The second-order valence-electron chi connectivity index (χ2n) is 5.42. The minimum atomic E-state index is 0.0626. The normalized spacial score (nSPS) is 10.6. The van der Waals surface area contributed by atoms with Crippen LogP contribution in [0.1, 0.15) is 15.9 Å². The second kappa shape index (κ2) is 8.66. The van der Waals surface area contributed by atoms with Crippen LogP contribution in [0.2, 0.25) is 0 Å². The highest BCUT2D eigenvalue weighted by Gasteiger charge is 2.11. The molecule has 1 N–H and O–H groups in total. The molecule has 0 unspecified atom stereocenters. The summed E-state index contributed by atoms with van der Waals surface area (Å²) in [5, 5.41) is 12.2. The summed E-state index contributed by atoms with van der Waals surface area (Å²) in [6.45, 7) is 2.01. The molecule has 8 heteroatoms. The van der Waals surface area contributed by atoms with E-state index in [1.807, 2.05) is 49.4 Å². The van der Waals surface area contributed by atoms with Gasteiger partial charge in [0.25, 0.3) is 0 Å². The van der Waals surface area contributed by atoms with Crippen LogP contribution < -0.4 is 10.1 Å². The molecule has 26 heavy (non-hydrogen) atoms. The van der Waals surface area contributed by atoms with E-state index in [9.17, 15) is 4.79 Å². The van der Waals surface area contributed by atoms with Crippen LogP contribution in [0, 0.1) is 6.92 Å². The van der Waals surface area contributed by atoms with Gasteiger partial charge in [-0.1, -0.05) is 57.2 Å². The van der Waals surface area contributed by atoms with E-state index in [1.165, 1.54) is 23.1 Å². The van der Waals surface area contributed by atoms with Gasteiger partial charge in [0.15, 0.2) is 10.1 Å². The molecule has 0 atom stereocenters. The predicted octanol–water partition coefficient (Wildman–Crippen LogP) is 5.34. The summed E-state index contributed by atoms with van der Waals surface area (Å²) in [6, 6.07) is 13.2. The number of benzene rings is 2. The fourth-order valence-electron chi connectivity index (χ4n) is 2.20. The standard InChI is InChI=1S/C18H16BrN3O2S2/c1-11-3-8-16(24-2)14(9-11)20-17-21-22-18(26-17)25-10-15(23)12-4-6-13(19)7-5-12/h3-9H,10H2,1-2H3,(H,20,21). The van der Waals surface area contributed by atoms with Crippen molar-refractivity contribution in [1.82, 2.24) is 10.2 Å². The maximum absolute atomic E-state index is 12.2. The largest absolute Gasteiger partial charge is 0.495 e. The van der Waals surface area contributed by atoms with Crippen molar-refractivity contribution in [3.05, 3.63) is 58.1 Å². The molecular formula is C18H16BrN3O2S2. The topological polar surface area (TPSA) is 64.1 Å². The Kier molecular flexibility index (Phi) is 6.29. The third kappa shape index (κ3) is 4.84. The number of aryl methyl sites for hydroxylation is 1. The van der Waals surface area contributed by atoms with Crippen molar-refractivity contribution in [2.45, 2.75) is 11.3 Å². The zero-order chi connectivity index (χ0) is 18.5. The number of Topliss-reactive ketones (excluding diaryl/α,β-unsaturated/α-hetero) is 1. The van der Waals surface area contributed by atoms with E-state index >= 15 is 0 Å². The number of halogens is 1. The van der Waals surface area contributed by atoms with E-state index in [0.29, 0.717) is 16.4 Å². The van der Waals surface area contributed by atoms with Gasteiger partial charge < -0.3 is 10.1 Å². The minimum Gasteiger partial charge on any atom is -0.495 e. The lowest BCUT2D eigenvalue weighted by molar-refractivity contribution is 0.102. The molecule has 0 fully saturated rings. The Morgan fingerprint density at radius 2 is 2.00 bits per heavy atom. The summed E-state index contributed by atoms with van der Waals surface area (Å²) in [7, 11) is 1.63. The van der Waals surface area contributed by atoms with Gasteiger partial charge in [0.1, 0.15) is 5.75 Å². The highest BCUT2D eigenvalue weighted by atomic mass is 79.9. The SMILES string of the molecule is COc1ccc(C)cc1Nc1nnc(SCC(=O)c2ccc(Br)cc2)s1. The third-order valence-corrected chi connectivity index (χ3v) is 6.00. The van der Waals surface area contributed by atoms with Crippen molar-refractivity contribution in [3.63, 3.8) is 0 Å². The number of ether oxygens (including phenoxy) is 1. The third-order valence-electron chi connectivity index (χ3n) is 3.50. The molecule has 0 spiro atoms. The van der Waals surface area contributed by atoms with Gasteiger partial charge in [-0.3, -0.25) is 4.79 Å². The fourth-order valence-corrected chi connectivity index (χ4v) is 4.12. The molecule has 1 aromatic heterocycles. The molecule has 0 radical (unpaired) electrons. The van der Waals surface area contributed by atoms with E-state index in [2.05, 4.69) is 31.4 Å². The van der Waals surface area contributed by atoms with Crippen molar-refractivity contribution in [3.8, 4) is 5.75 Å². The summed E-state index contributed by atoms with van der Waals surface area (Å²) in [5.41, 5.74) is 2.65. The number of thioether (sulfide) groups is 1. The van der Waals surface area contributed by atoms with Gasteiger partial charge in [0, 0.05) is 10.0 Å². The number of methoxy groups -OCH3 is 1. The Labute approximate surface area is 168 Å². The van der Waals surface area contributed by atoms with Crippen LogP contribution >= 0.6 is 39.0 Å². The van der Waals surface area contributed by atoms with E-state index < -0.39 is 0 Å². The first-order valence-electron chi connectivity index (χ1n) is 7.72. The van der Waals surface area contributed by atoms with Crippen LogP contribution in [0.4, 0.5) is 10.8 Å². The van der Waals surface area contributed by atoms with Crippen molar-refractivity contribution in [2.24, 2.45) is 0 Å². The Hall–Kier alpha value is -1.90. The number of hydrogen-bond acceptors (Lipinski definition) is 7. The van der Waals surface area contributed by atoms with Crippen LogP contribution in [0.5, 0.6) is 5.75 Å². The lowest BCUT2D eigenvalue weighted by atomic mass is 10.2. The first kappa shape index (κ1) is 18.9. The number of aromatic nitrogens is 2. The number of rotatable bonds is 7. The van der Waals surface area contributed by atoms with Gasteiger partial charge in [0.05, 0.1) is 18.6 Å². The van der Waals surface area contributed by atoms with Crippen LogP contribution in [-0.4, -0.2) is 28.8 Å². The van der Waals surface area contributed by atoms with Crippen LogP contribution in [-0.2, 0) is 0 Å². The summed E-state index contributed by atoms with van der Waals surface area (Å²) < 4.78 is 7.05. The molecular weight excluding hydrogens is 434 g/mol. The summed E-state index contributed by atoms with van der Waals surface area (Å²) in [6.07, 6.45) is 0. The van der Waals surface area contributed by atoms with Crippen molar-refractivity contribution in [2.75, 3.05) is 18.2 Å². The second-order valence-corrected chi connectivity index (χ2v) is 8.54. The first-order chi connectivity index (χ1) is 12.5. The van der Waals surface area contributed by atoms with Gasteiger partial charge in [0.2, 0.25) is 5.13 Å². The molecule has 0 aliphatic heterocycles. The Morgan fingerprint density at radius 3 is 2.73 bits per heavy atom. The molecule has 0 amide bonds. The van der Waals surface area contributed by atoms with Gasteiger partial charge in [-0.25, -0.2) is 0 Å². The van der Waals surface area contributed by atoms with Gasteiger partial charge >= 0.3 is 0 Å². The van der Waals surface area contributed by atoms with Gasteiger partial charge in [-0.15, -0.1) is 10.2 Å². The molecule has 0 aliphatic rings. The van der Waals surface area contributed by atoms with Crippen molar-refractivity contribution in [1.29, 1.82) is 0 Å². The van der Waals surface area contributed by atoms with E-state index in [-0.39, 0.29) is 5.78 Å². The summed E-state index contributed by atoms with van der Waals surface area (Å²) in [4.78, 5) is 12.2. The Morgan fingerprint density at radius 1 is 1.23 bits per heavy atom. The summed E-state index contributed by atoms with van der Waals surface area (Å²) in [5.74, 6) is 1.13. The molecule has 0 aliphatic carbocycles. The number of carbonyl (C=O) groups excluding carboxylic acids is 1. The smallest absolute Gasteiger partial charge is 0.210 e. The lowest BCUT2D eigenvalue weighted by Gasteiger charge is -2.09. The number of hydrogen-bond donors (Lipinski definition) is 1. The molecule has 0 saturated carbocycles. The zero-order valence-corrected chi connectivity index (χ0v) is 17.4. The molecule has 2 aromatic carbocycles. The fraction of sp³-hybridized carbons (Fsp3) is 0.167. The average molecular weight is 450 g/mol. The van der Waals surface area contributed by atoms with Crippen LogP contribution in [0.3, 0.4) is 0 Å². The number of ketones is 1. The van der Waals surface area contributed by atoms with Crippen LogP contribution in [0.15, 0.2) is 51.3 Å². The highest BCUT2D eigenvalue weighted by Crippen LogP contribution is 2.32.